The number of nitrogens with zero attached hydrogens (tertiary/aromatic N) is 1. The van der Waals surface area contributed by atoms with Crippen molar-refractivity contribution in [2.45, 2.75) is 31.3 Å². The zero-order valence-corrected chi connectivity index (χ0v) is 10.2. The van der Waals surface area contributed by atoms with Crippen LogP contribution in [0.2, 0.25) is 0 Å². The molecule has 2 N–H and O–H groups in total. The van der Waals surface area contributed by atoms with Gasteiger partial charge in [0.1, 0.15) is 0 Å². The number of aryl methyl sites for hydroxylation is 1. The molecule has 80 valence electrons. The van der Waals surface area contributed by atoms with Crippen LogP contribution in [0, 0.1) is 0 Å². The highest BCUT2D eigenvalue weighted by Crippen LogP contribution is 2.40. The van der Waals surface area contributed by atoms with Gasteiger partial charge in [0.05, 0.1) is 5.69 Å². The second-order valence-corrected chi connectivity index (χ2v) is 5.35. The summed E-state index contributed by atoms with van der Waals surface area (Å²) in [5.74, 6) is 0. The van der Waals surface area contributed by atoms with Crippen molar-refractivity contribution in [1.82, 2.24) is 0 Å². The van der Waals surface area contributed by atoms with Gasteiger partial charge < -0.3 is 10.6 Å². The molecule has 2 unspecified atom stereocenters. The lowest BCUT2D eigenvalue weighted by Gasteiger charge is -2.35. The van der Waals surface area contributed by atoms with Crippen molar-refractivity contribution >= 4 is 21.6 Å². The second-order valence-electron chi connectivity index (χ2n) is 4.50. The van der Waals surface area contributed by atoms with Crippen molar-refractivity contribution in [2.24, 2.45) is 5.73 Å². The minimum Gasteiger partial charge on any atom is -0.366 e. The van der Waals surface area contributed by atoms with Crippen LogP contribution in [-0.4, -0.2) is 18.6 Å². The summed E-state index contributed by atoms with van der Waals surface area (Å²) >= 11 is 3.66. The van der Waals surface area contributed by atoms with Crippen LogP contribution >= 0.6 is 15.9 Å². The molecule has 1 fully saturated rings. The second kappa shape index (κ2) is 3.49. The Hall–Kier alpha value is -0.540. The number of rotatable bonds is 0. The van der Waals surface area contributed by atoms with Crippen molar-refractivity contribution < 1.29 is 0 Å². The average molecular weight is 267 g/mol. The van der Waals surface area contributed by atoms with E-state index in [-0.39, 0.29) is 0 Å². The summed E-state index contributed by atoms with van der Waals surface area (Å²) in [4.78, 5) is 2.49. The van der Waals surface area contributed by atoms with Gasteiger partial charge in [0, 0.05) is 23.1 Å². The van der Waals surface area contributed by atoms with E-state index in [1.165, 1.54) is 28.6 Å². The maximum atomic E-state index is 6.14. The van der Waals surface area contributed by atoms with Crippen LogP contribution in [0.25, 0.3) is 0 Å². The summed E-state index contributed by atoms with van der Waals surface area (Å²) in [6.45, 7) is 1.11. The van der Waals surface area contributed by atoms with E-state index in [9.17, 15) is 0 Å². The van der Waals surface area contributed by atoms with E-state index >= 15 is 0 Å². The molecule has 15 heavy (non-hydrogen) atoms. The first-order valence-corrected chi connectivity index (χ1v) is 6.36. The van der Waals surface area contributed by atoms with E-state index in [2.05, 4.69) is 39.0 Å². The molecule has 2 aliphatic heterocycles. The summed E-state index contributed by atoms with van der Waals surface area (Å²) in [7, 11) is 0. The SMILES string of the molecule is NC1CCN2c3c(Br)cccc3CCC12. The number of hydrogen-bond donors (Lipinski definition) is 1. The van der Waals surface area contributed by atoms with Gasteiger partial charge in [-0.25, -0.2) is 0 Å². The van der Waals surface area contributed by atoms with Crippen LogP contribution in [0.3, 0.4) is 0 Å². The molecule has 1 aromatic carbocycles. The zero-order chi connectivity index (χ0) is 10.4. The Morgan fingerprint density at radius 3 is 3.07 bits per heavy atom. The fourth-order valence-corrected chi connectivity index (χ4v) is 3.55. The smallest absolute Gasteiger partial charge is 0.0546 e. The van der Waals surface area contributed by atoms with Crippen LogP contribution in [0.1, 0.15) is 18.4 Å². The summed E-state index contributed by atoms with van der Waals surface area (Å²) in [6.07, 6.45) is 3.51. The Morgan fingerprint density at radius 2 is 2.20 bits per heavy atom. The van der Waals surface area contributed by atoms with Crippen LogP contribution in [0.5, 0.6) is 0 Å². The number of benzene rings is 1. The van der Waals surface area contributed by atoms with E-state index in [0.717, 1.165) is 13.0 Å². The van der Waals surface area contributed by atoms with Gasteiger partial charge in [0.25, 0.3) is 0 Å². The highest BCUT2D eigenvalue weighted by atomic mass is 79.9. The van der Waals surface area contributed by atoms with Crippen molar-refractivity contribution in [3.8, 4) is 0 Å². The fraction of sp³-hybridized carbons (Fsp3) is 0.500. The summed E-state index contributed by atoms with van der Waals surface area (Å²) < 4.78 is 1.22. The van der Waals surface area contributed by atoms with Gasteiger partial charge in [0.15, 0.2) is 0 Å². The predicted octanol–water partition coefficient (Wildman–Crippen LogP) is 2.30. The van der Waals surface area contributed by atoms with Crippen LogP contribution < -0.4 is 10.6 Å². The average Bonchev–Trinajstić information content (AvgIpc) is 2.61. The molecule has 0 bridgehead atoms. The largest absolute Gasteiger partial charge is 0.366 e. The number of hydrogen-bond acceptors (Lipinski definition) is 2. The Labute approximate surface area is 98.6 Å². The number of nitrogens with two attached hydrogens (primary N) is 1. The first-order valence-electron chi connectivity index (χ1n) is 5.57. The molecule has 2 aliphatic rings. The molecular formula is C12H15BrN2. The van der Waals surface area contributed by atoms with Crippen LogP contribution in [0.15, 0.2) is 22.7 Å². The Balaban J connectivity index is 2.08. The third-order valence-electron chi connectivity index (χ3n) is 3.66. The van der Waals surface area contributed by atoms with Crippen molar-refractivity contribution in [1.29, 1.82) is 0 Å². The normalized spacial score (nSPS) is 28.8. The molecule has 2 heterocycles. The maximum absolute atomic E-state index is 6.14. The number of fused-ring (bicyclic) bond motifs is 3. The minimum atomic E-state index is 0.366. The van der Waals surface area contributed by atoms with Gasteiger partial charge in [-0.05, 0) is 46.8 Å². The molecule has 0 saturated carbocycles. The lowest BCUT2D eigenvalue weighted by atomic mass is 9.95. The van der Waals surface area contributed by atoms with Gasteiger partial charge >= 0.3 is 0 Å². The maximum Gasteiger partial charge on any atom is 0.0546 e. The topological polar surface area (TPSA) is 29.3 Å². The molecule has 3 rings (SSSR count). The summed E-state index contributed by atoms with van der Waals surface area (Å²) in [5.41, 5.74) is 9.00. The highest BCUT2D eigenvalue weighted by molar-refractivity contribution is 9.10. The van der Waals surface area contributed by atoms with E-state index in [1.807, 2.05) is 0 Å². The number of para-hydroxylation sites is 1. The van der Waals surface area contributed by atoms with E-state index in [0.29, 0.717) is 12.1 Å². The van der Waals surface area contributed by atoms with Crippen molar-refractivity contribution in [2.75, 3.05) is 11.4 Å². The zero-order valence-electron chi connectivity index (χ0n) is 8.62. The van der Waals surface area contributed by atoms with Crippen LogP contribution in [-0.2, 0) is 6.42 Å². The monoisotopic (exact) mass is 266 g/mol. The molecule has 2 nitrogen and oxygen atoms in total. The molecule has 0 radical (unpaired) electrons. The third kappa shape index (κ3) is 1.41. The third-order valence-corrected chi connectivity index (χ3v) is 4.30. The van der Waals surface area contributed by atoms with Crippen LogP contribution in [0.4, 0.5) is 5.69 Å². The minimum absolute atomic E-state index is 0.366. The van der Waals surface area contributed by atoms with E-state index in [1.54, 1.807) is 0 Å². The Kier molecular flexibility index (Phi) is 2.25. The molecule has 0 amide bonds. The van der Waals surface area contributed by atoms with Gasteiger partial charge in [-0.3, -0.25) is 0 Å². The Morgan fingerprint density at radius 1 is 1.33 bits per heavy atom. The molecule has 0 aromatic heterocycles. The number of anilines is 1. The lowest BCUT2D eigenvalue weighted by molar-refractivity contribution is 0.526. The van der Waals surface area contributed by atoms with Gasteiger partial charge in [-0.15, -0.1) is 0 Å². The highest BCUT2D eigenvalue weighted by Gasteiger charge is 2.36. The van der Waals surface area contributed by atoms with E-state index < -0.39 is 0 Å². The molecule has 1 saturated heterocycles. The molecular weight excluding hydrogens is 252 g/mol. The number of halogens is 1. The first kappa shape index (κ1) is 9.67. The lowest BCUT2D eigenvalue weighted by Crippen LogP contribution is -2.42. The van der Waals surface area contributed by atoms with Crippen molar-refractivity contribution in [3.63, 3.8) is 0 Å². The fourth-order valence-electron chi connectivity index (χ4n) is 2.91. The molecule has 3 heteroatoms. The standard InChI is InChI=1S/C12H15BrN2/c13-9-3-1-2-8-4-5-11-10(14)6-7-15(11)12(8)9/h1-3,10-11H,4-7,14H2. The molecule has 0 spiro atoms. The van der Waals surface area contributed by atoms with Crippen molar-refractivity contribution in [3.05, 3.63) is 28.2 Å². The summed E-state index contributed by atoms with van der Waals surface area (Å²) in [5, 5.41) is 0. The quantitative estimate of drug-likeness (QED) is 0.781. The molecule has 0 aliphatic carbocycles. The van der Waals surface area contributed by atoms with Gasteiger partial charge in [-0.1, -0.05) is 12.1 Å². The van der Waals surface area contributed by atoms with Gasteiger partial charge in [0.2, 0.25) is 0 Å². The first-order chi connectivity index (χ1) is 7.27. The molecule has 2 atom stereocenters. The molecule has 1 aromatic rings. The van der Waals surface area contributed by atoms with Gasteiger partial charge in [-0.2, -0.15) is 0 Å². The summed E-state index contributed by atoms with van der Waals surface area (Å²) in [6, 6.07) is 7.42. The van der Waals surface area contributed by atoms with E-state index in [4.69, 9.17) is 5.73 Å². The Bertz CT molecular complexity index is 391. The predicted molar refractivity (Wildman–Crippen MR) is 66.2 cm³/mol.